The van der Waals surface area contributed by atoms with Gasteiger partial charge in [-0.3, -0.25) is 4.79 Å². The van der Waals surface area contributed by atoms with E-state index in [2.05, 4.69) is 5.32 Å². The molecule has 0 aliphatic rings. The molecule has 0 aliphatic heterocycles. The lowest BCUT2D eigenvalue weighted by Crippen LogP contribution is -2.33. The minimum atomic E-state index is -0.536. The molecule has 144 valence electrons. The maximum Gasteiger partial charge on any atom is 0.410 e. The number of carbonyl (C=O) groups excluding carboxylic acids is 2. The summed E-state index contributed by atoms with van der Waals surface area (Å²) in [6, 6.07) is 14.3. The van der Waals surface area contributed by atoms with E-state index in [-0.39, 0.29) is 12.0 Å². The number of amides is 2. The predicted octanol–water partition coefficient (Wildman–Crippen LogP) is 4.31. The molecule has 6 nitrogen and oxygen atoms in total. The van der Waals surface area contributed by atoms with Gasteiger partial charge in [-0.1, -0.05) is 24.3 Å². The zero-order valence-corrected chi connectivity index (χ0v) is 16.4. The second-order valence-electron chi connectivity index (χ2n) is 7.19. The highest BCUT2D eigenvalue weighted by molar-refractivity contribution is 6.05. The fraction of sp³-hybridized carbons (Fsp3) is 0.333. The third-order valence-corrected chi connectivity index (χ3v) is 3.70. The summed E-state index contributed by atoms with van der Waals surface area (Å²) in [7, 11) is 3.23. The molecule has 27 heavy (non-hydrogen) atoms. The van der Waals surface area contributed by atoms with Crippen LogP contribution in [-0.2, 0) is 11.3 Å². The van der Waals surface area contributed by atoms with E-state index >= 15 is 0 Å². The number of para-hydroxylation sites is 2. The molecule has 0 bridgehead atoms. The first-order chi connectivity index (χ1) is 12.7. The second-order valence-corrected chi connectivity index (χ2v) is 7.19. The molecule has 2 aromatic carbocycles. The van der Waals surface area contributed by atoms with Crippen molar-refractivity contribution >= 4 is 17.7 Å². The third-order valence-electron chi connectivity index (χ3n) is 3.70. The smallest absolute Gasteiger partial charge is 0.410 e. The molecule has 2 amide bonds. The standard InChI is InChI=1S/C21H26N2O4/c1-21(2,3)27-20(25)23(4)14-15-10-12-16(13-11-15)19(24)22-17-8-6-7-9-18(17)26-5/h6-13H,14H2,1-5H3,(H,22,24). The Labute approximate surface area is 160 Å². The molecule has 0 atom stereocenters. The Morgan fingerprint density at radius 1 is 1.04 bits per heavy atom. The third kappa shape index (κ3) is 6.02. The van der Waals surface area contributed by atoms with E-state index in [0.29, 0.717) is 23.5 Å². The molecule has 0 aromatic heterocycles. The van der Waals surface area contributed by atoms with Gasteiger partial charge in [-0.25, -0.2) is 4.79 Å². The van der Waals surface area contributed by atoms with Crippen LogP contribution < -0.4 is 10.1 Å². The Morgan fingerprint density at radius 3 is 2.26 bits per heavy atom. The van der Waals surface area contributed by atoms with Crippen molar-refractivity contribution in [2.75, 3.05) is 19.5 Å². The summed E-state index contributed by atoms with van der Waals surface area (Å²) in [5.41, 5.74) is 1.49. The van der Waals surface area contributed by atoms with Gasteiger partial charge in [0.25, 0.3) is 5.91 Å². The molecule has 0 unspecified atom stereocenters. The van der Waals surface area contributed by atoms with Gasteiger partial charge in [0.1, 0.15) is 11.4 Å². The number of rotatable bonds is 5. The van der Waals surface area contributed by atoms with E-state index in [1.54, 1.807) is 38.4 Å². The lowest BCUT2D eigenvalue weighted by molar-refractivity contribution is 0.0285. The Balaban J connectivity index is 2.00. The van der Waals surface area contributed by atoms with E-state index in [9.17, 15) is 9.59 Å². The molecule has 0 radical (unpaired) electrons. The van der Waals surface area contributed by atoms with Gasteiger partial charge in [0.05, 0.1) is 12.8 Å². The van der Waals surface area contributed by atoms with Gasteiger partial charge in [-0.15, -0.1) is 0 Å². The SMILES string of the molecule is COc1ccccc1NC(=O)c1ccc(CN(C)C(=O)OC(C)(C)C)cc1. The Hall–Kier alpha value is -3.02. The Bertz CT molecular complexity index is 795. The fourth-order valence-corrected chi connectivity index (χ4v) is 2.38. The number of methoxy groups -OCH3 is 1. The van der Waals surface area contributed by atoms with Crippen LogP contribution in [0.1, 0.15) is 36.7 Å². The van der Waals surface area contributed by atoms with Gasteiger partial charge in [0.15, 0.2) is 0 Å². The minimum Gasteiger partial charge on any atom is -0.495 e. The zero-order valence-electron chi connectivity index (χ0n) is 16.4. The first-order valence-electron chi connectivity index (χ1n) is 8.67. The molecular formula is C21H26N2O4. The van der Waals surface area contributed by atoms with Gasteiger partial charge < -0.3 is 19.7 Å². The van der Waals surface area contributed by atoms with Crippen molar-refractivity contribution in [1.29, 1.82) is 0 Å². The van der Waals surface area contributed by atoms with E-state index in [1.165, 1.54) is 4.90 Å². The van der Waals surface area contributed by atoms with Crippen molar-refractivity contribution in [3.05, 3.63) is 59.7 Å². The van der Waals surface area contributed by atoms with Crippen LogP contribution in [0.15, 0.2) is 48.5 Å². The molecule has 0 spiro atoms. The number of ether oxygens (including phenoxy) is 2. The van der Waals surface area contributed by atoms with Crippen LogP contribution in [-0.4, -0.2) is 36.7 Å². The molecule has 2 aromatic rings. The number of anilines is 1. The summed E-state index contributed by atoms with van der Waals surface area (Å²) in [5.74, 6) is 0.369. The Morgan fingerprint density at radius 2 is 1.67 bits per heavy atom. The highest BCUT2D eigenvalue weighted by atomic mass is 16.6. The van der Waals surface area contributed by atoms with Crippen LogP contribution in [0.5, 0.6) is 5.75 Å². The highest BCUT2D eigenvalue weighted by Crippen LogP contribution is 2.23. The number of nitrogens with zero attached hydrogens (tertiary/aromatic N) is 1. The lowest BCUT2D eigenvalue weighted by Gasteiger charge is -2.24. The van der Waals surface area contributed by atoms with Crippen LogP contribution in [0.25, 0.3) is 0 Å². The molecule has 2 rings (SSSR count). The zero-order chi connectivity index (χ0) is 20.0. The van der Waals surface area contributed by atoms with Crippen molar-refractivity contribution in [3.63, 3.8) is 0 Å². The molecule has 0 fully saturated rings. The summed E-state index contributed by atoms with van der Waals surface area (Å²) in [4.78, 5) is 26.0. The van der Waals surface area contributed by atoms with Crippen LogP contribution in [0.3, 0.4) is 0 Å². The lowest BCUT2D eigenvalue weighted by atomic mass is 10.1. The maximum absolute atomic E-state index is 12.4. The van der Waals surface area contributed by atoms with Gasteiger partial charge in [0, 0.05) is 19.2 Å². The normalized spacial score (nSPS) is 10.9. The monoisotopic (exact) mass is 370 g/mol. The van der Waals surface area contributed by atoms with Crippen LogP contribution in [0, 0.1) is 0 Å². The van der Waals surface area contributed by atoms with Gasteiger partial charge in [0.2, 0.25) is 0 Å². The molecule has 0 aliphatic carbocycles. The predicted molar refractivity (Wildman–Crippen MR) is 105 cm³/mol. The van der Waals surface area contributed by atoms with E-state index in [4.69, 9.17) is 9.47 Å². The molecule has 0 saturated heterocycles. The molecule has 1 N–H and O–H groups in total. The second kappa shape index (κ2) is 8.58. The van der Waals surface area contributed by atoms with Gasteiger partial charge >= 0.3 is 6.09 Å². The number of carbonyl (C=O) groups is 2. The quantitative estimate of drug-likeness (QED) is 0.851. The van der Waals surface area contributed by atoms with Crippen LogP contribution >= 0.6 is 0 Å². The number of nitrogens with one attached hydrogen (secondary N) is 1. The van der Waals surface area contributed by atoms with E-state index < -0.39 is 5.60 Å². The first kappa shape index (κ1) is 20.3. The van der Waals surface area contributed by atoms with E-state index in [1.807, 2.05) is 45.0 Å². The minimum absolute atomic E-state index is 0.230. The summed E-state index contributed by atoms with van der Waals surface area (Å²) < 4.78 is 10.6. The number of benzene rings is 2. The van der Waals surface area contributed by atoms with Gasteiger partial charge in [-0.2, -0.15) is 0 Å². The summed E-state index contributed by atoms with van der Waals surface area (Å²) in [6.07, 6.45) is -0.388. The van der Waals surface area contributed by atoms with E-state index in [0.717, 1.165) is 5.56 Å². The number of hydrogen-bond acceptors (Lipinski definition) is 4. The summed E-state index contributed by atoms with van der Waals surface area (Å²) in [5, 5.41) is 2.83. The average molecular weight is 370 g/mol. The largest absolute Gasteiger partial charge is 0.495 e. The molecule has 0 saturated carbocycles. The van der Waals surface area contributed by atoms with Crippen LogP contribution in [0.4, 0.5) is 10.5 Å². The van der Waals surface area contributed by atoms with Crippen molar-refractivity contribution in [2.45, 2.75) is 32.9 Å². The first-order valence-corrected chi connectivity index (χ1v) is 8.67. The summed E-state index contributed by atoms with van der Waals surface area (Å²) >= 11 is 0. The fourth-order valence-electron chi connectivity index (χ4n) is 2.38. The van der Waals surface area contributed by atoms with Crippen molar-refractivity contribution in [3.8, 4) is 5.75 Å². The van der Waals surface area contributed by atoms with Gasteiger partial charge in [-0.05, 0) is 50.6 Å². The highest BCUT2D eigenvalue weighted by Gasteiger charge is 2.19. The molecule has 0 heterocycles. The van der Waals surface area contributed by atoms with Crippen molar-refractivity contribution in [1.82, 2.24) is 4.90 Å². The number of hydrogen-bond donors (Lipinski definition) is 1. The van der Waals surface area contributed by atoms with Crippen LogP contribution in [0.2, 0.25) is 0 Å². The average Bonchev–Trinajstić information content (AvgIpc) is 2.61. The maximum atomic E-state index is 12.4. The molecular weight excluding hydrogens is 344 g/mol. The molecule has 6 heteroatoms. The van der Waals surface area contributed by atoms with Crippen molar-refractivity contribution in [2.24, 2.45) is 0 Å². The summed E-state index contributed by atoms with van der Waals surface area (Å²) in [6.45, 7) is 5.87. The Kier molecular flexibility index (Phi) is 6.45. The topological polar surface area (TPSA) is 67.9 Å². The van der Waals surface area contributed by atoms with Crippen molar-refractivity contribution < 1.29 is 19.1 Å².